The smallest absolute Gasteiger partial charge is 0.352 e. The maximum absolute atomic E-state index is 13.7. The molecule has 2 aliphatic rings. The number of phenolic OH excluding ortho intramolecular Hbond substituents is 2. The number of aromatic hydroxyl groups is 2. The zero-order chi connectivity index (χ0) is 42.1. The molecule has 0 radical (unpaired) electrons. The maximum Gasteiger partial charge on any atom is 0.352 e. The van der Waals surface area contributed by atoms with Gasteiger partial charge < -0.3 is 36.3 Å². The van der Waals surface area contributed by atoms with Crippen LogP contribution in [0.3, 0.4) is 0 Å². The largest absolute Gasteiger partial charge is 0.504 e. The summed E-state index contributed by atoms with van der Waals surface area (Å²) in [5.41, 5.74) is 9.11. The van der Waals surface area contributed by atoms with Crippen LogP contribution in [0.25, 0.3) is 5.78 Å². The van der Waals surface area contributed by atoms with E-state index < -0.39 is 82.2 Å². The zero-order valence-corrected chi connectivity index (χ0v) is 32.1. The number of rotatable bonds is 13. The van der Waals surface area contributed by atoms with Crippen LogP contribution in [0.5, 0.6) is 11.5 Å². The van der Waals surface area contributed by atoms with Crippen LogP contribution in [0.4, 0.5) is 5.13 Å². The zero-order valence-electron chi connectivity index (χ0n) is 29.7. The number of benzene rings is 1. The first-order chi connectivity index (χ1) is 27.5. The number of hydrogen-bond acceptors (Lipinski definition) is 20. The number of aliphatic hydroxyl groups excluding tert-OH is 1. The van der Waals surface area contributed by atoms with E-state index in [1.54, 1.807) is 0 Å². The van der Waals surface area contributed by atoms with Gasteiger partial charge in [0.1, 0.15) is 27.8 Å². The molecule has 1 saturated heterocycles. The number of nitrogens with two attached hydrogens (primary N) is 1. The predicted octanol–water partition coefficient (Wildman–Crippen LogP) is -1.32. The Morgan fingerprint density at radius 1 is 1.09 bits per heavy atom. The molecule has 4 aromatic rings. The van der Waals surface area contributed by atoms with E-state index in [1.807, 2.05) is 0 Å². The highest BCUT2D eigenvalue weighted by molar-refractivity contribution is 8.01. The van der Waals surface area contributed by atoms with Crippen LogP contribution in [-0.4, -0.2) is 125 Å². The van der Waals surface area contributed by atoms with Crippen LogP contribution in [0.1, 0.15) is 46.2 Å². The Bertz CT molecular complexity index is 2430. The van der Waals surface area contributed by atoms with Crippen molar-refractivity contribution in [1.82, 2.24) is 51.1 Å². The highest BCUT2D eigenvalue weighted by atomic mass is 32.2. The normalized spacial score (nSPS) is 16.7. The minimum absolute atomic E-state index is 0.000364. The third-order valence-corrected chi connectivity index (χ3v) is 11.2. The quantitative estimate of drug-likeness (QED) is 0.0142. The number of carbonyl (C=O) groups excluding carboxylic acids is 5. The molecular weight excluding hydrogens is 829 g/mol. The summed E-state index contributed by atoms with van der Waals surface area (Å²) < 4.78 is 1.17. The molecule has 11 N–H and O–H groups in total. The number of nitrogens with zero attached hydrogens (tertiary/aromatic N) is 7. The average molecular weight is 859 g/mol. The van der Waals surface area contributed by atoms with E-state index in [-0.39, 0.29) is 45.1 Å². The van der Waals surface area contributed by atoms with Gasteiger partial charge in [-0.25, -0.2) is 20.2 Å². The lowest BCUT2D eigenvalue weighted by Gasteiger charge is -2.49. The Morgan fingerprint density at radius 2 is 1.84 bits per heavy atom. The predicted molar refractivity (Wildman–Crippen MR) is 200 cm³/mol. The second kappa shape index (κ2) is 16.5. The van der Waals surface area contributed by atoms with E-state index in [1.165, 1.54) is 41.4 Å². The lowest BCUT2D eigenvalue weighted by molar-refractivity contribution is -0.150. The van der Waals surface area contributed by atoms with Gasteiger partial charge in [0, 0.05) is 22.4 Å². The van der Waals surface area contributed by atoms with Crippen molar-refractivity contribution in [3.05, 3.63) is 63.7 Å². The van der Waals surface area contributed by atoms with Gasteiger partial charge in [-0.2, -0.15) is 9.50 Å². The van der Waals surface area contributed by atoms with Gasteiger partial charge in [-0.1, -0.05) is 5.16 Å². The molecule has 0 unspecified atom stereocenters. The van der Waals surface area contributed by atoms with Crippen LogP contribution in [0.15, 0.2) is 51.1 Å². The molecule has 304 valence electrons. The lowest BCUT2D eigenvalue weighted by atomic mass is 10.0. The molecule has 27 heteroatoms. The van der Waals surface area contributed by atoms with Gasteiger partial charge in [-0.05, 0) is 43.7 Å². The van der Waals surface area contributed by atoms with Gasteiger partial charge in [-0.15, -0.1) is 40.0 Å². The van der Waals surface area contributed by atoms with Gasteiger partial charge in [0.15, 0.2) is 22.3 Å². The molecule has 0 spiro atoms. The maximum atomic E-state index is 13.7. The number of nitrogen functional groups attached to an aromatic ring is 1. The number of phenols is 2. The lowest BCUT2D eigenvalue weighted by Crippen LogP contribution is -2.71. The molecule has 0 saturated carbocycles. The van der Waals surface area contributed by atoms with Gasteiger partial charge in [0.25, 0.3) is 29.4 Å². The summed E-state index contributed by atoms with van der Waals surface area (Å²) in [6, 6.07) is 3.45. The number of carboxylic acids is 1. The number of aliphatic carboxylic acids is 1. The number of hydrazine groups is 1. The highest BCUT2D eigenvalue weighted by Crippen LogP contribution is 2.42. The molecule has 3 aromatic heterocycles. The standard InChI is InChI=1S/C31H30N12O12S3/c1-31(2,28(53)38-37-22(47)11-3-4-15(45)16(46)5-11)55-41-18(14-10-58-29(32)34-14)23(48)35-19-25(50)42-20(27(51)52)12(9-57-26(19)42)8-56-17-6-13(7-44)33-30-36-21(24(49)40-54)39-43(17)30/h3-6,10,19,26,44-46,54H,7-9H2,1-2H3,(H2,32,34)(H,35,48)(H,37,47)(H,38,53)(H,40,49)(H,51,52)/b41-18+/t19-,26-/m1/s1. The first-order valence-electron chi connectivity index (χ1n) is 16.3. The van der Waals surface area contributed by atoms with E-state index in [2.05, 4.69) is 41.4 Å². The van der Waals surface area contributed by atoms with Crippen molar-refractivity contribution in [2.75, 3.05) is 17.2 Å². The number of aliphatic hydroxyl groups is 1. The summed E-state index contributed by atoms with van der Waals surface area (Å²) in [5.74, 6) is -7.36. The Hall–Kier alpha value is -6.55. The van der Waals surface area contributed by atoms with Crippen LogP contribution >= 0.6 is 34.9 Å². The highest BCUT2D eigenvalue weighted by Gasteiger charge is 2.54. The van der Waals surface area contributed by atoms with E-state index in [0.29, 0.717) is 10.6 Å². The van der Waals surface area contributed by atoms with Gasteiger partial charge >= 0.3 is 11.9 Å². The molecule has 1 fully saturated rings. The molecule has 5 heterocycles. The number of carbonyl (C=O) groups is 6. The number of fused-ring (bicyclic) bond motifs is 2. The first-order valence-corrected chi connectivity index (χ1v) is 19.2. The second-order valence-electron chi connectivity index (χ2n) is 12.5. The van der Waals surface area contributed by atoms with E-state index in [9.17, 15) is 49.2 Å². The van der Waals surface area contributed by atoms with E-state index >= 15 is 0 Å². The summed E-state index contributed by atoms with van der Waals surface area (Å²) in [7, 11) is 0. The summed E-state index contributed by atoms with van der Waals surface area (Å²) in [4.78, 5) is 95.6. The fourth-order valence-corrected chi connectivity index (χ4v) is 8.23. The fourth-order valence-electron chi connectivity index (χ4n) is 5.19. The van der Waals surface area contributed by atoms with Gasteiger partial charge in [-0.3, -0.25) is 44.9 Å². The number of aromatic nitrogens is 5. The number of hydrogen-bond donors (Lipinski definition) is 10. The number of anilines is 1. The number of oxime groups is 1. The minimum Gasteiger partial charge on any atom is -0.504 e. The summed E-state index contributed by atoms with van der Waals surface area (Å²) in [6.07, 6.45) is 0. The molecule has 58 heavy (non-hydrogen) atoms. The number of nitrogens with one attached hydrogen (secondary N) is 4. The van der Waals surface area contributed by atoms with Crippen molar-refractivity contribution in [2.24, 2.45) is 5.16 Å². The molecule has 0 aliphatic carbocycles. The minimum atomic E-state index is -1.85. The first kappa shape index (κ1) is 41.1. The summed E-state index contributed by atoms with van der Waals surface area (Å²) in [6.45, 7) is 2.03. The molecule has 24 nitrogen and oxygen atoms in total. The fraction of sp³-hybridized carbons (Fsp3) is 0.258. The molecule has 5 amide bonds. The van der Waals surface area contributed by atoms with E-state index in [4.69, 9.17) is 15.8 Å². The second-order valence-corrected chi connectivity index (χ2v) is 15.5. The van der Waals surface area contributed by atoms with Crippen molar-refractivity contribution in [3.8, 4) is 11.5 Å². The van der Waals surface area contributed by atoms with Crippen LogP contribution < -0.4 is 27.4 Å². The summed E-state index contributed by atoms with van der Waals surface area (Å²) >= 11 is 3.18. The Balaban J connectivity index is 1.15. The van der Waals surface area contributed by atoms with Crippen molar-refractivity contribution in [3.63, 3.8) is 0 Å². The van der Waals surface area contributed by atoms with Gasteiger partial charge in [0.05, 0.1) is 12.3 Å². The number of thiazole rings is 1. The number of hydroxylamine groups is 1. The average Bonchev–Trinajstić information content (AvgIpc) is 3.84. The topological polar surface area (TPSA) is 359 Å². The molecular formula is C31H30N12O12S3. The number of β-lactam (4-membered cyclic amide) rings is 1. The van der Waals surface area contributed by atoms with E-state index in [0.717, 1.165) is 51.9 Å². The monoisotopic (exact) mass is 858 g/mol. The number of thioether (sulfide) groups is 2. The Morgan fingerprint density at radius 3 is 2.50 bits per heavy atom. The van der Waals surface area contributed by atoms with Crippen molar-refractivity contribution in [1.29, 1.82) is 0 Å². The van der Waals surface area contributed by atoms with Crippen LogP contribution in [0, 0.1) is 0 Å². The molecule has 6 rings (SSSR count). The van der Waals surface area contributed by atoms with Crippen molar-refractivity contribution < 1.29 is 59.2 Å². The molecule has 2 atom stereocenters. The third-order valence-electron chi connectivity index (χ3n) is 8.15. The Labute approximate surface area is 336 Å². The SMILES string of the molecule is CC(C)(O/N=C(/C(=O)N[C@@H]1C(=O)N2C(C(=O)O)=C(CSc3cc(CO)nc4nc(C(=O)NO)nn34)CS[C@H]12)c1csc(N)n1)C(=O)NNC(=O)c1ccc(O)c(O)c1. The van der Waals surface area contributed by atoms with Crippen LogP contribution in [-0.2, 0) is 30.6 Å². The summed E-state index contributed by atoms with van der Waals surface area (Å²) in [5, 5.41) is 59.3. The number of amides is 5. The molecule has 2 aliphatic heterocycles. The third kappa shape index (κ3) is 8.27. The van der Waals surface area contributed by atoms with Crippen molar-refractivity contribution >= 4 is 87.0 Å². The Kier molecular flexibility index (Phi) is 11.7. The van der Waals surface area contributed by atoms with Gasteiger partial charge in [0.2, 0.25) is 11.4 Å². The molecule has 0 bridgehead atoms. The van der Waals surface area contributed by atoms with Crippen LogP contribution in [0.2, 0.25) is 0 Å². The van der Waals surface area contributed by atoms with Crippen molar-refractivity contribution in [2.45, 2.75) is 42.5 Å². The molecule has 1 aromatic carbocycles. The number of carboxylic acid groups (broad SMARTS) is 1.